The second kappa shape index (κ2) is 6.89. The van der Waals surface area contributed by atoms with Crippen molar-refractivity contribution in [2.45, 2.75) is 25.4 Å². The maximum Gasteiger partial charge on any atom is 0.335 e. The van der Waals surface area contributed by atoms with Crippen LogP contribution in [-0.4, -0.2) is 34.7 Å². The molecule has 23 heavy (non-hydrogen) atoms. The largest absolute Gasteiger partial charge is 0.478 e. The molecule has 2 aromatic rings. The summed E-state index contributed by atoms with van der Waals surface area (Å²) in [5, 5.41) is 12.1. The van der Waals surface area contributed by atoms with Crippen molar-refractivity contribution in [1.29, 1.82) is 0 Å². The van der Waals surface area contributed by atoms with Crippen LogP contribution in [0.1, 0.15) is 38.4 Å². The number of ether oxygens (including phenoxy) is 1. The van der Waals surface area contributed by atoms with Gasteiger partial charge in [0.05, 0.1) is 11.7 Å². The first kappa shape index (κ1) is 15.6. The number of benzene rings is 1. The van der Waals surface area contributed by atoms with E-state index in [1.807, 2.05) is 0 Å². The molecule has 0 radical (unpaired) electrons. The first-order valence-corrected chi connectivity index (χ1v) is 8.14. The van der Waals surface area contributed by atoms with E-state index in [-0.39, 0.29) is 17.6 Å². The summed E-state index contributed by atoms with van der Waals surface area (Å²) in [4.78, 5) is 28.2. The number of nitrogens with zero attached hydrogens (tertiary/aromatic N) is 1. The van der Waals surface area contributed by atoms with E-state index in [4.69, 9.17) is 9.84 Å². The van der Waals surface area contributed by atoms with Crippen LogP contribution in [0.15, 0.2) is 30.5 Å². The van der Waals surface area contributed by atoms with Gasteiger partial charge in [-0.1, -0.05) is 0 Å². The summed E-state index contributed by atoms with van der Waals surface area (Å²) in [7, 11) is 0. The van der Waals surface area contributed by atoms with Crippen LogP contribution < -0.4 is 5.32 Å². The van der Waals surface area contributed by atoms with Crippen LogP contribution in [0, 0.1) is 0 Å². The summed E-state index contributed by atoms with van der Waals surface area (Å²) < 4.78 is 5.59. The van der Waals surface area contributed by atoms with Crippen LogP contribution in [0.5, 0.6) is 0 Å². The number of aromatic carboxylic acids is 1. The minimum absolute atomic E-state index is 0.148. The Kier molecular flexibility index (Phi) is 4.68. The number of hydrogen-bond donors (Lipinski definition) is 2. The summed E-state index contributed by atoms with van der Waals surface area (Å²) in [6, 6.07) is 5.78. The first-order valence-electron chi connectivity index (χ1n) is 7.33. The van der Waals surface area contributed by atoms with Crippen molar-refractivity contribution in [3.63, 3.8) is 0 Å². The van der Waals surface area contributed by atoms with Gasteiger partial charge in [-0.15, -0.1) is 11.3 Å². The molecular weight excluding hydrogens is 316 g/mol. The Bertz CT molecular complexity index is 705. The molecule has 2 heterocycles. The molecule has 0 saturated carbocycles. The molecule has 1 atom stereocenters. The summed E-state index contributed by atoms with van der Waals surface area (Å²) in [6.07, 6.45) is 4.99. The number of carboxylic acids is 1. The van der Waals surface area contributed by atoms with Crippen molar-refractivity contribution < 1.29 is 19.4 Å². The third-order valence-corrected chi connectivity index (χ3v) is 4.56. The van der Waals surface area contributed by atoms with Crippen LogP contribution in [-0.2, 0) is 11.2 Å². The van der Waals surface area contributed by atoms with E-state index in [1.54, 1.807) is 6.20 Å². The molecule has 1 unspecified atom stereocenters. The van der Waals surface area contributed by atoms with E-state index in [2.05, 4.69) is 10.3 Å². The average molecular weight is 332 g/mol. The molecule has 1 amide bonds. The highest BCUT2D eigenvalue weighted by Gasteiger charge is 2.18. The van der Waals surface area contributed by atoms with Gasteiger partial charge in [0, 0.05) is 29.7 Å². The van der Waals surface area contributed by atoms with E-state index >= 15 is 0 Å². The standard InChI is InChI=1S/C16H16N2O4S/c19-14(10-3-5-11(6-4-10)15(20)21)18-16-17-9-13(23-16)8-12-2-1-7-22-12/h3-6,9,12H,1-2,7-8H2,(H,20,21)(H,17,18,19). The quantitative estimate of drug-likeness (QED) is 0.879. The fraction of sp³-hybridized carbons (Fsp3) is 0.312. The van der Waals surface area contributed by atoms with Crippen LogP contribution in [0.3, 0.4) is 0 Å². The maximum absolute atomic E-state index is 12.1. The molecule has 1 aromatic carbocycles. The number of rotatable bonds is 5. The second-order valence-corrected chi connectivity index (χ2v) is 6.42. The Morgan fingerprint density at radius 2 is 2.04 bits per heavy atom. The topological polar surface area (TPSA) is 88.5 Å². The minimum Gasteiger partial charge on any atom is -0.478 e. The van der Waals surface area contributed by atoms with Gasteiger partial charge >= 0.3 is 5.97 Å². The zero-order valence-electron chi connectivity index (χ0n) is 12.3. The molecule has 1 saturated heterocycles. The number of nitrogens with one attached hydrogen (secondary N) is 1. The maximum atomic E-state index is 12.1. The lowest BCUT2D eigenvalue weighted by Crippen LogP contribution is -2.11. The Labute approximate surface area is 137 Å². The van der Waals surface area contributed by atoms with Gasteiger partial charge in [-0.2, -0.15) is 0 Å². The SMILES string of the molecule is O=C(O)c1ccc(C(=O)Nc2ncc(CC3CCCO3)s2)cc1. The molecule has 1 fully saturated rings. The van der Waals surface area contributed by atoms with Crippen LogP contribution in [0.25, 0.3) is 0 Å². The van der Waals surface area contributed by atoms with E-state index in [0.717, 1.165) is 30.7 Å². The molecule has 1 aliphatic heterocycles. The van der Waals surface area contributed by atoms with Gasteiger partial charge < -0.3 is 9.84 Å². The molecule has 6 nitrogen and oxygen atoms in total. The smallest absolute Gasteiger partial charge is 0.335 e. The number of amides is 1. The number of hydrogen-bond acceptors (Lipinski definition) is 5. The summed E-state index contributed by atoms with van der Waals surface area (Å²) in [5.74, 6) is -1.32. The number of carbonyl (C=O) groups excluding carboxylic acids is 1. The minimum atomic E-state index is -1.02. The molecule has 2 N–H and O–H groups in total. The third-order valence-electron chi connectivity index (χ3n) is 3.62. The molecule has 120 valence electrons. The number of aromatic nitrogens is 1. The van der Waals surface area contributed by atoms with Crippen molar-refractivity contribution in [2.75, 3.05) is 11.9 Å². The lowest BCUT2D eigenvalue weighted by Gasteiger charge is -2.05. The highest BCUT2D eigenvalue weighted by molar-refractivity contribution is 7.15. The predicted octanol–water partition coefficient (Wildman–Crippen LogP) is 2.82. The van der Waals surface area contributed by atoms with E-state index in [9.17, 15) is 9.59 Å². The number of carboxylic acid groups (broad SMARTS) is 1. The van der Waals surface area contributed by atoms with Gasteiger partial charge in [0.2, 0.25) is 0 Å². The van der Waals surface area contributed by atoms with Crippen molar-refractivity contribution in [2.24, 2.45) is 0 Å². The number of anilines is 1. The van der Waals surface area contributed by atoms with E-state index in [1.165, 1.54) is 35.6 Å². The molecule has 7 heteroatoms. The van der Waals surface area contributed by atoms with Gasteiger partial charge in [0.25, 0.3) is 5.91 Å². The number of thiazole rings is 1. The van der Waals surface area contributed by atoms with Gasteiger partial charge in [-0.25, -0.2) is 9.78 Å². The van der Waals surface area contributed by atoms with Gasteiger partial charge in [-0.05, 0) is 37.1 Å². The van der Waals surface area contributed by atoms with Crippen molar-refractivity contribution >= 4 is 28.3 Å². The lowest BCUT2D eigenvalue weighted by molar-refractivity contribution is 0.0696. The Morgan fingerprint density at radius 1 is 1.30 bits per heavy atom. The van der Waals surface area contributed by atoms with E-state index in [0.29, 0.717) is 10.7 Å². The fourth-order valence-corrected chi connectivity index (χ4v) is 3.29. The zero-order valence-corrected chi connectivity index (χ0v) is 13.1. The summed E-state index contributed by atoms with van der Waals surface area (Å²) >= 11 is 1.43. The Hall–Kier alpha value is -2.25. The lowest BCUT2D eigenvalue weighted by atomic mass is 10.1. The van der Waals surface area contributed by atoms with Gasteiger partial charge in [-0.3, -0.25) is 10.1 Å². The predicted molar refractivity (Wildman–Crippen MR) is 86.1 cm³/mol. The van der Waals surface area contributed by atoms with Gasteiger partial charge in [0.15, 0.2) is 5.13 Å². The zero-order chi connectivity index (χ0) is 16.2. The molecule has 0 aliphatic carbocycles. The highest BCUT2D eigenvalue weighted by Crippen LogP contribution is 2.24. The van der Waals surface area contributed by atoms with Crippen molar-refractivity contribution in [3.8, 4) is 0 Å². The van der Waals surface area contributed by atoms with Gasteiger partial charge in [0.1, 0.15) is 0 Å². The van der Waals surface area contributed by atoms with Crippen molar-refractivity contribution in [1.82, 2.24) is 4.98 Å². The molecular formula is C16H16N2O4S. The van der Waals surface area contributed by atoms with Crippen LogP contribution >= 0.6 is 11.3 Å². The Balaban J connectivity index is 1.61. The highest BCUT2D eigenvalue weighted by atomic mass is 32.1. The molecule has 3 rings (SSSR count). The normalized spacial score (nSPS) is 17.1. The van der Waals surface area contributed by atoms with Crippen LogP contribution in [0.4, 0.5) is 5.13 Å². The second-order valence-electron chi connectivity index (χ2n) is 5.31. The average Bonchev–Trinajstić information content (AvgIpc) is 3.20. The first-order chi connectivity index (χ1) is 11.1. The van der Waals surface area contributed by atoms with E-state index < -0.39 is 5.97 Å². The molecule has 1 aromatic heterocycles. The fourth-order valence-electron chi connectivity index (χ4n) is 2.42. The van der Waals surface area contributed by atoms with Crippen molar-refractivity contribution in [3.05, 3.63) is 46.5 Å². The third kappa shape index (κ3) is 3.94. The summed E-state index contributed by atoms with van der Waals surface area (Å²) in [6.45, 7) is 0.819. The summed E-state index contributed by atoms with van der Waals surface area (Å²) in [5.41, 5.74) is 0.542. The molecule has 0 spiro atoms. The number of carbonyl (C=O) groups is 2. The van der Waals surface area contributed by atoms with Crippen LogP contribution in [0.2, 0.25) is 0 Å². The monoisotopic (exact) mass is 332 g/mol. The Morgan fingerprint density at radius 3 is 2.70 bits per heavy atom. The molecule has 1 aliphatic rings. The molecule has 0 bridgehead atoms.